The molecule has 150 valence electrons. The number of halogens is 1. The number of nitrogens with one attached hydrogen (secondary N) is 3. The first-order valence-corrected chi connectivity index (χ1v) is 11.0. The van der Waals surface area contributed by atoms with Gasteiger partial charge in [-0.3, -0.25) is 4.99 Å². The second kappa shape index (κ2) is 12.1. The molecule has 0 bridgehead atoms. The molecule has 1 aliphatic rings. The van der Waals surface area contributed by atoms with Crippen molar-refractivity contribution in [3.63, 3.8) is 0 Å². The first-order valence-electron chi connectivity index (χ1n) is 8.57. The number of aryl methyl sites for hydroxylation is 1. The third-order valence-electron chi connectivity index (χ3n) is 3.92. The monoisotopic (exact) mass is 516 g/mol. The van der Waals surface area contributed by atoms with Crippen LogP contribution in [-0.4, -0.2) is 53.0 Å². The summed E-state index contributed by atoms with van der Waals surface area (Å²) in [5.41, 5.74) is 0. The van der Waals surface area contributed by atoms with Crippen LogP contribution in [0.4, 0.5) is 0 Å². The Bertz CT molecular complexity index is 658. The van der Waals surface area contributed by atoms with Gasteiger partial charge < -0.3 is 15.4 Å². The summed E-state index contributed by atoms with van der Waals surface area (Å²) in [7, 11) is -1.65. The van der Waals surface area contributed by atoms with Crippen LogP contribution in [0.1, 0.15) is 29.0 Å². The van der Waals surface area contributed by atoms with E-state index in [9.17, 15) is 8.42 Å². The lowest BCUT2D eigenvalue weighted by atomic mass is 10.1. The fourth-order valence-corrected chi connectivity index (χ4v) is 4.32. The van der Waals surface area contributed by atoms with Crippen LogP contribution in [0.3, 0.4) is 0 Å². The molecule has 0 saturated carbocycles. The highest BCUT2D eigenvalue weighted by Gasteiger charge is 2.17. The Labute approximate surface area is 177 Å². The summed E-state index contributed by atoms with van der Waals surface area (Å²) in [5.74, 6) is 0.593. The Balaban J connectivity index is 0.00000338. The molecule has 0 spiro atoms. The second-order valence-corrected chi connectivity index (χ2v) is 9.32. The van der Waals surface area contributed by atoms with E-state index in [0.29, 0.717) is 25.6 Å². The van der Waals surface area contributed by atoms with Gasteiger partial charge in [-0.25, -0.2) is 13.1 Å². The maximum absolute atomic E-state index is 12.1. The van der Waals surface area contributed by atoms with Gasteiger partial charge in [-0.05, 0) is 38.3 Å². The van der Waals surface area contributed by atoms with E-state index in [1.165, 1.54) is 9.75 Å². The molecular weight excluding hydrogens is 487 g/mol. The zero-order valence-electron chi connectivity index (χ0n) is 15.3. The third kappa shape index (κ3) is 8.98. The van der Waals surface area contributed by atoms with Gasteiger partial charge in [0.25, 0.3) is 0 Å². The molecule has 7 nitrogen and oxygen atoms in total. The van der Waals surface area contributed by atoms with Crippen molar-refractivity contribution in [1.82, 2.24) is 15.4 Å². The van der Waals surface area contributed by atoms with Crippen molar-refractivity contribution in [2.45, 2.75) is 38.8 Å². The Kier molecular flexibility index (Phi) is 11.0. The SMILES string of the molecule is CN=C(NCCS(=O)(=O)NCC1CCCCO1)NCc1ccc(C)s1.I. The molecule has 1 unspecified atom stereocenters. The van der Waals surface area contributed by atoms with Gasteiger partial charge in [0.15, 0.2) is 5.96 Å². The highest BCUT2D eigenvalue weighted by Crippen LogP contribution is 2.14. The molecule has 0 aliphatic carbocycles. The quantitative estimate of drug-likeness (QED) is 0.279. The van der Waals surface area contributed by atoms with Crippen LogP contribution in [0.2, 0.25) is 0 Å². The minimum Gasteiger partial charge on any atom is -0.377 e. The number of hydrogen-bond donors (Lipinski definition) is 3. The maximum atomic E-state index is 12.1. The van der Waals surface area contributed by atoms with Crippen LogP contribution in [0.5, 0.6) is 0 Å². The molecule has 1 aliphatic heterocycles. The summed E-state index contributed by atoms with van der Waals surface area (Å²) >= 11 is 1.73. The van der Waals surface area contributed by atoms with E-state index in [1.807, 2.05) is 0 Å². The summed E-state index contributed by atoms with van der Waals surface area (Å²) in [4.78, 5) is 6.59. The molecule has 0 radical (unpaired) electrons. The van der Waals surface area contributed by atoms with Crippen molar-refractivity contribution in [2.24, 2.45) is 4.99 Å². The molecule has 10 heteroatoms. The van der Waals surface area contributed by atoms with Crippen molar-refractivity contribution in [3.8, 4) is 0 Å². The normalized spacial score (nSPS) is 18.2. The van der Waals surface area contributed by atoms with Crippen molar-refractivity contribution in [1.29, 1.82) is 0 Å². The number of hydrogen-bond acceptors (Lipinski definition) is 5. The predicted octanol–water partition coefficient (Wildman–Crippen LogP) is 1.83. The van der Waals surface area contributed by atoms with Gasteiger partial charge in [0.05, 0.1) is 18.4 Å². The highest BCUT2D eigenvalue weighted by atomic mass is 127. The summed E-state index contributed by atoms with van der Waals surface area (Å²) in [5, 5.41) is 6.22. The van der Waals surface area contributed by atoms with Gasteiger partial charge in [0.1, 0.15) is 0 Å². The predicted molar refractivity (Wildman–Crippen MR) is 118 cm³/mol. The van der Waals surface area contributed by atoms with E-state index in [4.69, 9.17) is 4.74 Å². The lowest BCUT2D eigenvalue weighted by Crippen LogP contribution is -2.42. The zero-order chi connectivity index (χ0) is 18.1. The van der Waals surface area contributed by atoms with E-state index in [1.54, 1.807) is 18.4 Å². The molecule has 1 saturated heterocycles. The Morgan fingerprint density at radius 1 is 1.35 bits per heavy atom. The summed E-state index contributed by atoms with van der Waals surface area (Å²) in [6.07, 6.45) is 3.07. The van der Waals surface area contributed by atoms with E-state index < -0.39 is 10.0 Å². The van der Waals surface area contributed by atoms with Gasteiger partial charge in [0.2, 0.25) is 10.0 Å². The first kappa shape index (κ1) is 23.6. The van der Waals surface area contributed by atoms with Crippen LogP contribution in [-0.2, 0) is 21.3 Å². The van der Waals surface area contributed by atoms with Gasteiger partial charge in [-0.1, -0.05) is 0 Å². The number of aliphatic imine (C=N–C) groups is 1. The Morgan fingerprint density at radius 2 is 2.15 bits per heavy atom. The van der Waals surface area contributed by atoms with Crippen LogP contribution >= 0.6 is 35.3 Å². The van der Waals surface area contributed by atoms with Crippen LogP contribution in [0.25, 0.3) is 0 Å². The van der Waals surface area contributed by atoms with Gasteiger partial charge in [-0.2, -0.15) is 0 Å². The Morgan fingerprint density at radius 3 is 2.77 bits per heavy atom. The average Bonchev–Trinajstić information content (AvgIpc) is 3.02. The van der Waals surface area contributed by atoms with Gasteiger partial charge in [0, 0.05) is 36.5 Å². The van der Waals surface area contributed by atoms with Crippen LogP contribution < -0.4 is 15.4 Å². The molecule has 0 amide bonds. The minimum atomic E-state index is -3.32. The van der Waals surface area contributed by atoms with Crippen molar-refractivity contribution in [3.05, 3.63) is 21.9 Å². The number of thiophene rings is 1. The fourth-order valence-electron chi connectivity index (χ4n) is 2.54. The number of rotatable bonds is 8. The molecule has 1 aromatic rings. The van der Waals surface area contributed by atoms with E-state index in [2.05, 4.69) is 39.4 Å². The number of sulfonamides is 1. The minimum absolute atomic E-state index is 0. The highest BCUT2D eigenvalue weighted by molar-refractivity contribution is 14.0. The summed E-state index contributed by atoms with van der Waals surface area (Å²) in [6.45, 7) is 4.11. The molecule has 1 atom stereocenters. The molecule has 2 rings (SSSR count). The van der Waals surface area contributed by atoms with Crippen molar-refractivity contribution < 1.29 is 13.2 Å². The molecule has 1 aromatic heterocycles. The summed E-state index contributed by atoms with van der Waals surface area (Å²) < 4.78 is 32.3. The van der Waals surface area contributed by atoms with Crippen molar-refractivity contribution in [2.75, 3.05) is 32.5 Å². The van der Waals surface area contributed by atoms with E-state index >= 15 is 0 Å². The molecular formula is C16H29IN4O3S2. The number of guanidine groups is 1. The molecule has 3 N–H and O–H groups in total. The zero-order valence-corrected chi connectivity index (χ0v) is 19.2. The van der Waals surface area contributed by atoms with Gasteiger partial charge >= 0.3 is 0 Å². The number of nitrogens with zero attached hydrogens (tertiary/aromatic N) is 1. The third-order valence-corrected chi connectivity index (χ3v) is 6.27. The Hall–Kier alpha value is -0.430. The molecule has 1 fully saturated rings. The first-order chi connectivity index (χ1) is 12.0. The standard InChI is InChI=1S/C16H28N4O3S2.HI/c1-13-6-7-15(24-13)12-19-16(17-2)18-8-10-25(21,22)20-11-14-5-3-4-9-23-14;/h6-7,14,20H,3-5,8-12H2,1-2H3,(H2,17,18,19);1H. The second-order valence-electron chi connectivity index (χ2n) is 6.02. The maximum Gasteiger partial charge on any atom is 0.213 e. The topological polar surface area (TPSA) is 91.8 Å². The summed E-state index contributed by atoms with van der Waals surface area (Å²) in [6, 6.07) is 4.15. The average molecular weight is 516 g/mol. The number of ether oxygens (including phenoxy) is 1. The fraction of sp³-hybridized carbons (Fsp3) is 0.688. The van der Waals surface area contributed by atoms with E-state index in [-0.39, 0.29) is 35.8 Å². The van der Waals surface area contributed by atoms with Gasteiger partial charge in [-0.15, -0.1) is 35.3 Å². The van der Waals surface area contributed by atoms with Crippen molar-refractivity contribution >= 4 is 51.3 Å². The molecule has 2 heterocycles. The molecule has 0 aromatic carbocycles. The van der Waals surface area contributed by atoms with Crippen LogP contribution in [0.15, 0.2) is 17.1 Å². The lowest BCUT2D eigenvalue weighted by Gasteiger charge is -2.22. The van der Waals surface area contributed by atoms with E-state index in [0.717, 1.165) is 25.9 Å². The smallest absolute Gasteiger partial charge is 0.213 e. The van der Waals surface area contributed by atoms with Crippen LogP contribution in [0, 0.1) is 6.92 Å². The molecule has 26 heavy (non-hydrogen) atoms. The lowest BCUT2D eigenvalue weighted by molar-refractivity contribution is 0.0200. The largest absolute Gasteiger partial charge is 0.377 e.